The quantitative estimate of drug-likeness (QED) is 0.837. The molecule has 0 bridgehead atoms. The van der Waals surface area contributed by atoms with Gasteiger partial charge in [0, 0.05) is 11.6 Å². The minimum Gasteiger partial charge on any atom is -0.319 e. The summed E-state index contributed by atoms with van der Waals surface area (Å²) in [6.45, 7) is 0.663. The molecule has 0 atom stereocenters. The first-order chi connectivity index (χ1) is 8.25. The molecule has 1 heterocycles. The van der Waals surface area contributed by atoms with E-state index in [0.717, 1.165) is 10.6 Å². The van der Waals surface area contributed by atoms with Crippen LogP contribution in [-0.4, -0.2) is 21.4 Å². The molecule has 0 spiro atoms. The van der Waals surface area contributed by atoms with Crippen molar-refractivity contribution in [2.45, 2.75) is 0 Å². The Bertz CT molecular complexity index is 555. The molecule has 88 valence electrons. The van der Waals surface area contributed by atoms with Crippen molar-refractivity contribution in [2.75, 3.05) is 12.0 Å². The molecule has 0 aliphatic rings. The summed E-state index contributed by atoms with van der Waals surface area (Å²) < 4.78 is 2.20. The molecule has 1 aromatic carbocycles. The normalized spacial score (nSPS) is 10.9. The summed E-state index contributed by atoms with van der Waals surface area (Å²) in [5, 5.41) is 7.20. The van der Waals surface area contributed by atoms with Gasteiger partial charge in [0.05, 0.1) is 0 Å². The summed E-state index contributed by atoms with van der Waals surface area (Å²) in [6.07, 6.45) is 5.60. The van der Waals surface area contributed by atoms with Gasteiger partial charge in [0.1, 0.15) is 6.33 Å². The van der Waals surface area contributed by atoms with E-state index in [-0.39, 0.29) is 0 Å². The largest absolute Gasteiger partial charge is 0.319 e. The molecular weight excluding hydrogens is 256 g/mol. The van der Waals surface area contributed by atoms with Gasteiger partial charge in [0.2, 0.25) is 4.77 Å². The third kappa shape index (κ3) is 3.44. The summed E-state index contributed by atoms with van der Waals surface area (Å²) in [6, 6.07) is 7.65. The number of rotatable bonds is 4. The Kier molecular flexibility index (Phi) is 3.95. The highest BCUT2D eigenvalue weighted by Gasteiger charge is 1.90. The lowest BCUT2D eigenvalue weighted by Crippen LogP contribution is -2.13. The van der Waals surface area contributed by atoms with Crippen LogP contribution in [0, 0.1) is 4.77 Å². The summed E-state index contributed by atoms with van der Waals surface area (Å²) >= 11 is 10.8. The molecule has 0 amide bonds. The number of benzene rings is 1. The zero-order chi connectivity index (χ0) is 12.1. The third-order valence-corrected chi connectivity index (χ3v) is 2.65. The SMILES string of the molecule is S=c1[nH]ncn1NC/C=C/c1ccc(Cl)cc1. The lowest BCUT2D eigenvalue weighted by atomic mass is 10.2. The molecule has 17 heavy (non-hydrogen) atoms. The number of nitrogens with zero attached hydrogens (tertiary/aromatic N) is 2. The highest BCUT2D eigenvalue weighted by atomic mass is 35.5. The van der Waals surface area contributed by atoms with Gasteiger partial charge >= 0.3 is 0 Å². The highest BCUT2D eigenvalue weighted by Crippen LogP contribution is 2.10. The maximum Gasteiger partial charge on any atom is 0.214 e. The smallest absolute Gasteiger partial charge is 0.214 e. The predicted octanol–water partition coefficient (Wildman–Crippen LogP) is 2.85. The summed E-state index contributed by atoms with van der Waals surface area (Å²) in [4.78, 5) is 0. The van der Waals surface area contributed by atoms with Crippen LogP contribution in [0.15, 0.2) is 36.7 Å². The van der Waals surface area contributed by atoms with E-state index in [9.17, 15) is 0 Å². The van der Waals surface area contributed by atoms with Crippen LogP contribution in [0.2, 0.25) is 5.02 Å². The highest BCUT2D eigenvalue weighted by molar-refractivity contribution is 7.71. The second-order valence-electron chi connectivity index (χ2n) is 3.35. The lowest BCUT2D eigenvalue weighted by molar-refractivity contribution is 0.871. The van der Waals surface area contributed by atoms with Crippen LogP contribution in [0.4, 0.5) is 0 Å². The summed E-state index contributed by atoms with van der Waals surface area (Å²) in [7, 11) is 0. The van der Waals surface area contributed by atoms with Crippen LogP contribution in [0.1, 0.15) is 5.56 Å². The van der Waals surface area contributed by atoms with E-state index >= 15 is 0 Å². The van der Waals surface area contributed by atoms with E-state index < -0.39 is 0 Å². The fourth-order valence-electron chi connectivity index (χ4n) is 1.28. The molecule has 0 aliphatic heterocycles. The van der Waals surface area contributed by atoms with Gasteiger partial charge in [-0.2, -0.15) is 5.10 Å². The molecule has 2 rings (SSSR count). The predicted molar refractivity (Wildman–Crippen MR) is 72.1 cm³/mol. The number of hydrogen-bond donors (Lipinski definition) is 2. The fourth-order valence-corrected chi connectivity index (χ4v) is 1.57. The van der Waals surface area contributed by atoms with Gasteiger partial charge in [-0.3, -0.25) is 5.10 Å². The van der Waals surface area contributed by atoms with E-state index in [2.05, 4.69) is 15.6 Å². The van der Waals surface area contributed by atoms with Crippen molar-refractivity contribution in [2.24, 2.45) is 0 Å². The minimum absolute atomic E-state index is 0.546. The Morgan fingerprint density at radius 2 is 2.18 bits per heavy atom. The van der Waals surface area contributed by atoms with Crippen LogP contribution in [0.5, 0.6) is 0 Å². The maximum absolute atomic E-state index is 5.80. The number of nitrogens with one attached hydrogen (secondary N) is 2. The standard InChI is InChI=1S/C11H11ClN4S/c12-10-5-3-9(4-6-10)2-1-7-14-16-8-13-15-11(16)17/h1-6,8,14H,7H2,(H,15,17)/b2-1+. The first-order valence-electron chi connectivity index (χ1n) is 5.04. The number of halogens is 1. The zero-order valence-corrected chi connectivity index (χ0v) is 10.5. The van der Waals surface area contributed by atoms with Gasteiger partial charge in [-0.15, -0.1) is 0 Å². The average Bonchev–Trinajstić information content (AvgIpc) is 2.73. The first kappa shape index (κ1) is 11.9. The van der Waals surface area contributed by atoms with Gasteiger partial charge < -0.3 is 5.43 Å². The summed E-state index contributed by atoms with van der Waals surface area (Å²) in [5.41, 5.74) is 4.18. The first-order valence-corrected chi connectivity index (χ1v) is 5.82. The molecule has 1 aromatic heterocycles. The Balaban J connectivity index is 1.88. The molecule has 0 saturated carbocycles. The van der Waals surface area contributed by atoms with Gasteiger partial charge in [0.15, 0.2) is 0 Å². The Hall–Kier alpha value is -1.59. The lowest BCUT2D eigenvalue weighted by Gasteiger charge is -2.01. The molecule has 2 N–H and O–H groups in total. The number of aromatic amines is 1. The Morgan fingerprint density at radius 1 is 1.41 bits per heavy atom. The molecule has 4 nitrogen and oxygen atoms in total. The molecule has 0 unspecified atom stereocenters. The van der Waals surface area contributed by atoms with Crippen LogP contribution in [0.25, 0.3) is 6.08 Å². The van der Waals surface area contributed by atoms with E-state index in [1.54, 1.807) is 11.0 Å². The molecule has 0 aliphatic carbocycles. The summed E-state index contributed by atoms with van der Waals surface area (Å²) in [5.74, 6) is 0. The zero-order valence-electron chi connectivity index (χ0n) is 8.93. The number of hydrogen-bond acceptors (Lipinski definition) is 3. The number of aromatic nitrogens is 3. The van der Waals surface area contributed by atoms with Crippen molar-refractivity contribution in [3.63, 3.8) is 0 Å². The van der Waals surface area contributed by atoms with E-state index in [4.69, 9.17) is 23.8 Å². The van der Waals surface area contributed by atoms with Crippen molar-refractivity contribution in [1.29, 1.82) is 0 Å². The molecule has 6 heteroatoms. The van der Waals surface area contributed by atoms with Gasteiger partial charge in [0.25, 0.3) is 0 Å². The minimum atomic E-state index is 0.546. The van der Waals surface area contributed by atoms with Crippen molar-refractivity contribution in [1.82, 2.24) is 14.9 Å². The molecule has 0 fully saturated rings. The van der Waals surface area contributed by atoms with E-state index in [1.807, 2.05) is 36.4 Å². The molecule has 0 radical (unpaired) electrons. The monoisotopic (exact) mass is 266 g/mol. The Morgan fingerprint density at radius 3 is 2.82 bits per heavy atom. The Labute approximate surface area is 109 Å². The van der Waals surface area contributed by atoms with Crippen molar-refractivity contribution < 1.29 is 0 Å². The van der Waals surface area contributed by atoms with E-state index in [1.165, 1.54) is 0 Å². The van der Waals surface area contributed by atoms with Crippen molar-refractivity contribution in [3.05, 3.63) is 52.0 Å². The van der Waals surface area contributed by atoms with Crippen LogP contribution in [-0.2, 0) is 0 Å². The van der Waals surface area contributed by atoms with Crippen LogP contribution in [0.3, 0.4) is 0 Å². The van der Waals surface area contributed by atoms with Crippen molar-refractivity contribution >= 4 is 29.9 Å². The topological polar surface area (TPSA) is 45.6 Å². The maximum atomic E-state index is 5.80. The molecule has 2 aromatic rings. The second-order valence-corrected chi connectivity index (χ2v) is 4.17. The molecule has 0 saturated heterocycles. The fraction of sp³-hybridized carbons (Fsp3) is 0.0909. The van der Waals surface area contributed by atoms with Crippen LogP contribution < -0.4 is 5.43 Å². The average molecular weight is 267 g/mol. The number of H-pyrrole nitrogens is 1. The third-order valence-electron chi connectivity index (χ3n) is 2.11. The van der Waals surface area contributed by atoms with Gasteiger partial charge in [-0.05, 0) is 29.9 Å². The second kappa shape index (κ2) is 5.65. The molecular formula is C11H11ClN4S. The van der Waals surface area contributed by atoms with Crippen molar-refractivity contribution in [3.8, 4) is 0 Å². The van der Waals surface area contributed by atoms with Gasteiger partial charge in [-0.1, -0.05) is 35.9 Å². The van der Waals surface area contributed by atoms with Crippen LogP contribution >= 0.6 is 23.8 Å². The van der Waals surface area contributed by atoms with Gasteiger partial charge in [-0.25, -0.2) is 4.68 Å². The van der Waals surface area contributed by atoms with E-state index in [0.29, 0.717) is 11.3 Å².